The molecule has 0 saturated heterocycles. The van der Waals surface area contributed by atoms with Crippen LogP contribution in [0.4, 0.5) is 5.95 Å². The summed E-state index contributed by atoms with van der Waals surface area (Å²) in [5.74, 6) is -0.301. The van der Waals surface area contributed by atoms with Crippen molar-refractivity contribution in [2.24, 2.45) is 5.73 Å². The Morgan fingerprint density at radius 3 is 2.80 bits per heavy atom. The molecule has 0 fully saturated rings. The zero-order valence-electron chi connectivity index (χ0n) is 7.79. The summed E-state index contributed by atoms with van der Waals surface area (Å²) < 4.78 is 1.47. The maximum atomic E-state index is 10.9. The van der Waals surface area contributed by atoms with Gasteiger partial charge in [0.2, 0.25) is 11.9 Å². The monoisotopic (exact) mass is 203 g/mol. The normalized spacial score (nSPS) is 10.1. The highest BCUT2D eigenvalue weighted by Crippen LogP contribution is 2.09. The average Bonchev–Trinajstić information content (AvgIpc) is 2.65. The van der Waals surface area contributed by atoms with Crippen LogP contribution in [0, 0.1) is 0 Å². The van der Waals surface area contributed by atoms with Gasteiger partial charge in [-0.25, -0.2) is 9.67 Å². The van der Waals surface area contributed by atoms with Gasteiger partial charge in [-0.1, -0.05) is 6.07 Å². The molecule has 6 heteroatoms. The third-order valence-corrected chi connectivity index (χ3v) is 1.90. The number of anilines is 1. The molecular formula is C9H9N5O. The Kier molecular flexibility index (Phi) is 2.09. The van der Waals surface area contributed by atoms with Crippen molar-refractivity contribution in [3.63, 3.8) is 0 Å². The second kappa shape index (κ2) is 3.41. The maximum Gasteiger partial charge on any atom is 0.248 e. The van der Waals surface area contributed by atoms with Gasteiger partial charge in [-0.15, -0.1) is 5.10 Å². The van der Waals surface area contributed by atoms with Crippen molar-refractivity contribution in [2.45, 2.75) is 0 Å². The van der Waals surface area contributed by atoms with E-state index in [-0.39, 0.29) is 5.95 Å². The van der Waals surface area contributed by atoms with Crippen LogP contribution >= 0.6 is 0 Å². The summed E-state index contributed by atoms with van der Waals surface area (Å²) in [6, 6.07) is 6.75. The first-order valence-electron chi connectivity index (χ1n) is 4.24. The quantitative estimate of drug-likeness (QED) is 0.714. The topological polar surface area (TPSA) is 99.8 Å². The summed E-state index contributed by atoms with van der Waals surface area (Å²) in [5.41, 5.74) is 11.6. The van der Waals surface area contributed by atoms with E-state index in [1.807, 2.05) is 0 Å². The number of amides is 1. The van der Waals surface area contributed by atoms with E-state index >= 15 is 0 Å². The Morgan fingerprint density at radius 1 is 1.40 bits per heavy atom. The molecule has 1 amide bonds. The van der Waals surface area contributed by atoms with Gasteiger partial charge in [0.05, 0.1) is 5.69 Å². The molecule has 0 aliphatic rings. The molecule has 0 spiro atoms. The predicted octanol–water partition coefficient (Wildman–Crippen LogP) is -0.0516. The number of rotatable bonds is 2. The van der Waals surface area contributed by atoms with E-state index in [2.05, 4.69) is 10.1 Å². The Bertz CT molecular complexity index is 505. The van der Waals surface area contributed by atoms with Crippen LogP contribution < -0.4 is 11.5 Å². The molecule has 2 rings (SSSR count). The third kappa shape index (κ3) is 1.78. The highest BCUT2D eigenvalue weighted by Gasteiger charge is 2.03. The van der Waals surface area contributed by atoms with Gasteiger partial charge in [-0.3, -0.25) is 4.79 Å². The Labute approximate surface area is 85.5 Å². The molecule has 0 saturated carbocycles. The lowest BCUT2D eigenvalue weighted by Gasteiger charge is -2.01. The van der Waals surface area contributed by atoms with Crippen LogP contribution in [-0.4, -0.2) is 20.7 Å². The van der Waals surface area contributed by atoms with Gasteiger partial charge in [0.15, 0.2) is 0 Å². The van der Waals surface area contributed by atoms with Gasteiger partial charge in [0.25, 0.3) is 0 Å². The largest absolute Gasteiger partial charge is 0.366 e. The van der Waals surface area contributed by atoms with Gasteiger partial charge < -0.3 is 11.5 Å². The second-order valence-corrected chi connectivity index (χ2v) is 2.96. The zero-order valence-corrected chi connectivity index (χ0v) is 7.79. The van der Waals surface area contributed by atoms with Gasteiger partial charge in [-0.05, 0) is 18.2 Å². The number of primary amides is 1. The van der Waals surface area contributed by atoms with Gasteiger partial charge in [0.1, 0.15) is 6.33 Å². The number of hydrogen-bond donors (Lipinski definition) is 2. The van der Waals surface area contributed by atoms with Crippen LogP contribution in [0.5, 0.6) is 0 Å². The van der Waals surface area contributed by atoms with Crippen LogP contribution in [0.25, 0.3) is 5.69 Å². The number of aromatic nitrogens is 3. The van der Waals surface area contributed by atoms with Gasteiger partial charge >= 0.3 is 0 Å². The molecule has 1 aromatic heterocycles. The molecule has 2 aromatic rings. The van der Waals surface area contributed by atoms with E-state index in [1.54, 1.807) is 24.3 Å². The summed E-state index contributed by atoms with van der Waals surface area (Å²) >= 11 is 0. The SMILES string of the molecule is NC(=O)c1cccc(-n2cnc(N)n2)c1. The van der Waals surface area contributed by atoms with E-state index in [1.165, 1.54) is 11.0 Å². The fourth-order valence-corrected chi connectivity index (χ4v) is 1.20. The fraction of sp³-hybridized carbons (Fsp3) is 0. The molecule has 0 radical (unpaired) electrons. The van der Waals surface area contributed by atoms with Crippen molar-refractivity contribution < 1.29 is 4.79 Å². The first-order valence-corrected chi connectivity index (χ1v) is 4.24. The summed E-state index contributed by atoms with van der Waals surface area (Å²) in [4.78, 5) is 14.7. The number of benzene rings is 1. The summed E-state index contributed by atoms with van der Waals surface area (Å²) in [7, 11) is 0. The molecule has 4 N–H and O–H groups in total. The zero-order chi connectivity index (χ0) is 10.8. The number of nitrogen functional groups attached to an aromatic ring is 1. The standard InChI is InChI=1S/C9H9N5O/c10-8(15)6-2-1-3-7(4-6)14-5-12-9(11)13-14/h1-5H,(H2,10,15)(H2,11,13). The van der Waals surface area contributed by atoms with E-state index in [4.69, 9.17) is 11.5 Å². The second-order valence-electron chi connectivity index (χ2n) is 2.96. The number of carbonyl (C=O) groups excluding carboxylic acids is 1. The van der Waals surface area contributed by atoms with Crippen molar-refractivity contribution in [2.75, 3.05) is 5.73 Å². The average molecular weight is 203 g/mol. The molecule has 0 bridgehead atoms. The van der Waals surface area contributed by atoms with Gasteiger partial charge in [-0.2, -0.15) is 0 Å². The third-order valence-electron chi connectivity index (χ3n) is 1.90. The minimum Gasteiger partial charge on any atom is -0.366 e. The van der Waals surface area contributed by atoms with Crippen molar-refractivity contribution in [1.82, 2.24) is 14.8 Å². The molecule has 0 aliphatic carbocycles. The number of nitrogens with two attached hydrogens (primary N) is 2. The Hall–Kier alpha value is -2.37. The summed E-state index contributed by atoms with van der Waals surface area (Å²) in [6.45, 7) is 0. The predicted molar refractivity (Wildman–Crippen MR) is 54.3 cm³/mol. The number of hydrogen-bond acceptors (Lipinski definition) is 4. The van der Waals surface area contributed by atoms with E-state index in [0.29, 0.717) is 11.3 Å². The maximum absolute atomic E-state index is 10.9. The lowest BCUT2D eigenvalue weighted by molar-refractivity contribution is 0.100. The highest BCUT2D eigenvalue weighted by atomic mass is 16.1. The van der Waals surface area contributed by atoms with Crippen LogP contribution in [0.1, 0.15) is 10.4 Å². The smallest absolute Gasteiger partial charge is 0.248 e. The molecule has 0 aliphatic heterocycles. The summed E-state index contributed by atoms with van der Waals surface area (Å²) in [6.07, 6.45) is 1.47. The minimum absolute atomic E-state index is 0.180. The summed E-state index contributed by atoms with van der Waals surface area (Å²) in [5, 5.41) is 3.91. The van der Waals surface area contributed by atoms with Gasteiger partial charge in [0, 0.05) is 5.56 Å². The lowest BCUT2D eigenvalue weighted by atomic mass is 10.2. The van der Waals surface area contributed by atoms with E-state index in [9.17, 15) is 4.79 Å². The van der Waals surface area contributed by atoms with Crippen LogP contribution in [0.2, 0.25) is 0 Å². The first kappa shape index (κ1) is 9.20. The van der Waals surface area contributed by atoms with Crippen LogP contribution in [0.15, 0.2) is 30.6 Å². The molecule has 0 atom stereocenters. The molecule has 1 aromatic carbocycles. The van der Waals surface area contributed by atoms with Crippen molar-refractivity contribution >= 4 is 11.9 Å². The van der Waals surface area contributed by atoms with E-state index in [0.717, 1.165) is 0 Å². The number of nitrogens with zero attached hydrogens (tertiary/aromatic N) is 3. The molecular weight excluding hydrogens is 194 g/mol. The van der Waals surface area contributed by atoms with Crippen molar-refractivity contribution in [1.29, 1.82) is 0 Å². The molecule has 6 nitrogen and oxygen atoms in total. The Morgan fingerprint density at radius 2 is 2.20 bits per heavy atom. The molecule has 1 heterocycles. The van der Waals surface area contributed by atoms with Crippen LogP contribution in [0.3, 0.4) is 0 Å². The van der Waals surface area contributed by atoms with Crippen molar-refractivity contribution in [3.05, 3.63) is 36.2 Å². The molecule has 15 heavy (non-hydrogen) atoms. The molecule has 76 valence electrons. The molecule has 0 unspecified atom stereocenters. The Balaban J connectivity index is 2.45. The highest BCUT2D eigenvalue weighted by molar-refractivity contribution is 5.93. The van der Waals surface area contributed by atoms with E-state index < -0.39 is 5.91 Å². The van der Waals surface area contributed by atoms with Crippen LogP contribution in [-0.2, 0) is 0 Å². The minimum atomic E-state index is -0.482. The lowest BCUT2D eigenvalue weighted by Crippen LogP contribution is -2.11. The fourth-order valence-electron chi connectivity index (χ4n) is 1.20. The first-order chi connectivity index (χ1) is 7.16. The number of carbonyl (C=O) groups is 1. The van der Waals surface area contributed by atoms with Crippen molar-refractivity contribution in [3.8, 4) is 5.69 Å².